The van der Waals surface area contributed by atoms with Crippen molar-refractivity contribution in [2.24, 2.45) is 0 Å². The van der Waals surface area contributed by atoms with E-state index in [-0.39, 0.29) is 9.13 Å². The Hall–Kier alpha value is -1.57. The Morgan fingerprint density at radius 2 is 1.36 bits per heavy atom. The van der Waals surface area contributed by atoms with Crippen LogP contribution in [-0.2, 0) is 17.4 Å². The fourth-order valence-corrected chi connectivity index (χ4v) is 5.19. The van der Waals surface area contributed by atoms with E-state index in [9.17, 15) is 15.7 Å². The van der Waals surface area contributed by atoms with E-state index in [2.05, 4.69) is 24.4 Å². The van der Waals surface area contributed by atoms with Gasteiger partial charge in [0.2, 0.25) is 5.91 Å². The second kappa shape index (κ2) is 18.8. The van der Waals surface area contributed by atoms with Crippen LogP contribution in [0.3, 0.4) is 0 Å². The van der Waals surface area contributed by atoms with Crippen molar-refractivity contribution in [3.05, 3.63) is 45.0 Å². The Labute approximate surface area is 207 Å². The summed E-state index contributed by atoms with van der Waals surface area (Å²) in [5, 5.41) is 2.17. The summed E-state index contributed by atoms with van der Waals surface area (Å²) in [5.41, 5.74) is 1.01. The Morgan fingerprint density at radius 3 is 1.91 bits per heavy atom. The highest BCUT2D eigenvalue weighted by molar-refractivity contribution is 14.2. The Balaban J connectivity index is 2.18. The van der Waals surface area contributed by atoms with Gasteiger partial charge in [-0.15, -0.1) is 0 Å². The maximum absolute atomic E-state index is 12.2. The van der Waals surface area contributed by atoms with Crippen molar-refractivity contribution in [3.8, 4) is 0 Å². The first-order chi connectivity index (χ1) is 16.0. The van der Waals surface area contributed by atoms with Crippen LogP contribution in [0, 0.1) is 3.57 Å². The number of hydrogen-bond donors (Lipinski definition) is 1. The SMILES string of the molecule is CCCCCCCCCCC=CCCCCCCc1ccc(I(=O)=O)c(C(=O)NC(C)=O)c1. The molecule has 1 N–H and O–H groups in total. The number of carbonyl (C=O) groups excluding carboxylic acids is 2. The summed E-state index contributed by atoms with van der Waals surface area (Å²) in [7, 11) is 0. The van der Waals surface area contributed by atoms with Gasteiger partial charge in [0.05, 0.1) is 9.13 Å². The van der Waals surface area contributed by atoms with Gasteiger partial charge in [-0.25, -0.2) is 6.14 Å². The molecule has 5 nitrogen and oxygen atoms in total. The molecule has 0 fully saturated rings. The number of aryl methyl sites for hydroxylation is 1. The fraction of sp³-hybridized carbons (Fsp3) is 0.630. The Kier molecular flexibility index (Phi) is 16.8. The normalized spacial score (nSPS) is 11.4. The molecule has 2 amide bonds. The van der Waals surface area contributed by atoms with E-state index in [1.54, 1.807) is 12.1 Å². The number of imide groups is 1. The molecule has 0 aliphatic carbocycles. The summed E-state index contributed by atoms with van der Waals surface area (Å²) in [5.74, 6) is -1.15. The highest BCUT2D eigenvalue weighted by Crippen LogP contribution is 2.24. The van der Waals surface area contributed by atoms with Gasteiger partial charge in [0.15, 0.2) is 0 Å². The number of unbranched alkanes of at least 4 members (excludes halogenated alkanes) is 12. The molecule has 0 radical (unpaired) electrons. The molecule has 0 heterocycles. The third-order valence-electron chi connectivity index (χ3n) is 5.71. The first-order valence-electron chi connectivity index (χ1n) is 12.6. The average molecular weight is 572 g/mol. The number of nitrogens with one attached hydrogen (secondary N) is 1. The van der Waals surface area contributed by atoms with Crippen LogP contribution in [0.2, 0.25) is 0 Å². The minimum atomic E-state index is -3.81. The lowest BCUT2D eigenvalue weighted by atomic mass is 10.0. The monoisotopic (exact) mass is 571 g/mol. The number of carbonyl (C=O) groups is 2. The highest BCUT2D eigenvalue weighted by atomic mass is 127. The summed E-state index contributed by atoms with van der Waals surface area (Å²) in [6.45, 7) is 3.49. The van der Waals surface area contributed by atoms with Crippen molar-refractivity contribution >= 4 is 31.6 Å². The summed E-state index contributed by atoms with van der Waals surface area (Å²) in [6.07, 6.45) is 23.1. The lowest BCUT2D eigenvalue weighted by Crippen LogP contribution is -2.28. The lowest BCUT2D eigenvalue weighted by molar-refractivity contribution is -0.118. The molecule has 1 aromatic rings. The molecule has 186 valence electrons. The van der Waals surface area contributed by atoms with E-state index in [4.69, 9.17) is 0 Å². The molecule has 0 saturated heterocycles. The van der Waals surface area contributed by atoms with Crippen LogP contribution in [0.5, 0.6) is 0 Å². The van der Waals surface area contributed by atoms with Gasteiger partial charge >= 0.3 is 19.8 Å². The summed E-state index contributed by atoms with van der Waals surface area (Å²) < 4.78 is 23.0. The fourth-order valence-electron chi connectivity index (χ4n) is 3.84. The van der Waals surface area contributed by atoms with Crippen molar-refractivity contribution in [1.82, 2.24) is 5.32 Å². The lowest BCUT2D eigenvalue weighted by Gasteiger charge is -2.07. The van der Waals surface area contributed by atoms with Crippen LogP contribution in [0.25, 0.3) is 0 Å². The van der Waals surface area contributed by atoms with E-state index in [1.165, 1.54) is 77.2 Å². The third-order valence-corrected chi connectivity index (χ3v) is 7.60. The van der Waals surface area contributed by atoms with Crippen LogP contribution in [-0.4, -0.2) is 11.8 Å². The number of benzene rings is 1. The Bertz CT molecular complexity index is 806. The largest absolute Gasteiger partial charge is 0.341 e. The van der Waals surface area contributed by atoms with Crippen LogP contribution in [0.15, 0.2) is 30.4 Å². The van der Waals surface area contributed by atoms with Crippen LogP contribution >= 0.6 is 19.8 Å². The van der Waals surface area contributed by atoms with Crippen molar-refractivity contribution in [1.29, 1.82) is 0 Å². The minimum Gasteiger partial charge on any atom is -0.293 e. The van der Waals surface area contributed by atoms with Crippen LogP contribution in [0.4, 0.5) is 0 Å². The van der Waals surface area contributed by atoms with Gasteiger partial charge in [0, 0.05) is 6.92 Å². The second-order valence-corrected chi connectivity index (χ2v) is 11.1. The minimum absolute atomic E-state index is 0.0421. The molecule has 6 heteroatoms. The molecule has 0 aromatic heterocycles. The van der Waals surface area contributed by atoms with E-state index < -0.39 is 31.6 Å². The zero-order valence-corrected chi connectivity index (χ0v) is 22.7. The molecule has 0 bridgehead atoms. The van der Waals surface area contributed by atoms with Crippen molar-refractivity contribution < 1.29 is 15.7 Å². The number of rotatable bonds is 18. The first kappa shape index (κ1) is 29.5. The predicted octanol–water partition coefficient (Wildman–Crippen LogP) is 7.91. The van der Waals surface area contributed by atoms with Crippen molar-refractivity contribution in [2.75, 3.05) is 0 Å². The third kappa shape index (κ3) is 14.3. The zero-order chi connectivity index (χ0) is 24.3. The maximum atomic E-state index is 12.2. The molecule has 0 spiro atoms. The van der Waals surface area contributed by atoms with Gasteiger partial charge in [0.1, 0.15) is 0 Å². The molecule has 0 unspecified atom stereocenters. The van der Waals surface area contributed by atoms with E-state index in [0.29, 0.717) is 0 Å². The topological polar surface area (TPSA) is 80.3 Å². The predicted molar refractivity (Wildman–Crippen MR) is 142 cm³/mol. The van der Waals surface area contributed by atoms with E-state index in [0.717, 1.165) is 37.7 Å². The number of allylic oxidation sites excluding steroid dienone is 2. The summed E-state index contributed by atoms with van der Waals surface area (Å²) in [6, 6.07) is 4.88. The summed E-state index contributed by atoms with van der Waals surface area (Å²) in [4.78, 5) is 23.3. The molecule has 1 aromatic carbocycles. The van der Waals surface area contributed by atoms with Crippen molar-refractivity contribution in [2.45, 2.75) is 110 Å². The average Bonchev–Trinajstić information content (AvgIpc) is 2.78. The van der Waals surface area contributed by atoms with Gasteiger partial charge < -0.3 is 0 Å². The quantitative estimate of drug-likeness (QED) is 0.110. The zero-order valence-electron chi connectivity index (χ0n) is 20.5. The van der Waals surface area contributed by atoms with Crippen LogP contribution < -0.4 is 5.32 Å². The van der Waals surface area contributed by atoms with Gasteiger partial charge in [0.25, 0.3) is 5.91 Å². The molecular weight excluding hydrogens is 529 g/mol. The van der Waals surface area contributed by atoms with Crippen LogP contribution in [0.1, 0.15) is 120 Å². The number of amides is 2. The van der Waals surface area contributed by atoms with E-state index >= 15 is 0 Å². The molecule has 1 rings (SSSR count). The summed E-state index contributed by atoms with van der Waals surface area (Å²) >= 11 is -3.81. The Morgan fingerprint density at radius 1 is 0.818 bits per heavy atom. The van der Waals surface area contributed by atoms with Gasteiger partial charge in [-0.1, -0.05) is 82.9 Å². The molecule has 0 atom stereocenters. The smallest absolute Gasteiger partial charge is 0.293 e. The van der Waals surface area contributed by atoms with Gasteiger partial charge in [-0.05, 0) is 56.2 Å². The first-order valence-corrected chi connectivity index (χ1v) is 15.4. The maximum Gasteiger partial charge on any atom is 0.341 e. The second-order valence-electron chi connectivity index (χ2n) is 8.73. The molecule has 0 saturated carbocycles. The highest BCUT2D eigenvalue weighted by Gasteiger charge is 2.16. The van der Waals surface area contributed by atoms with Gasteiger partial charge in [-0.3, -0.25) is 14.9 Å². The van der Waals surface area contributed by atoms with Gasteiger partial charge in [-0.2, -0.15) is 0 Å². The van der Waals surface area contributed by atoms with E-state index in [1.807, 2.05) is 0 Å². The molecule has 0 aliphatic rings. The molecule has 0 aliphatic heterocycles. The van der Waals surface area contributed by atoms with Crippen molar-refractivity contribution in [3.63, 3.8) is 0 Å². The number of halogens is 1. The number of hydrogen-bond acceptors (Lipinski definition) is 4. The molecular formula is C27H42INO4. The standard InChI is InChI=1S/C27H42INO4/c1-3-4-5-6-7-8-9-10-11-12-13-14-15-16-17-18-19-24-20-21-26(28(32)33)25(22-24)27(31)29-23(2)30/h12-13,20-22H,3-11,14-19H2,1-2H3,(H,29,30,31). The molecule has 33 heavy (non-hydrogen) atoms.